The monoisotopic (exact) mass is 257 g/mol. The molecule has 0 aromatic carbocycles. The number of rotatable bonds is 2. The van der Waals surface area contributed by atoms with Crippen LogP contribution in [0.4, 0.5) is 0 Å². The van der Waals surface area contributed by atoms with Crippen LogP contribution >= 0.6 is 0 Å². The van der Waals surface area contributed by atoms with Gasteiger partial charge in [0.2, 0.25) is 5.96 Å². The van der Waals surface area contributed by atoms with E-state index in [0.29, 0.717) is 0 Å². The fourth-order valence-electron chi connectivity index (χ4n) is 2.09. The first kappa shape index (κ1) is 11.7. The molecule has 0 aliphatic carbocycles. The minimum atomic E-state index is 0.744. The number of pyridine rings is 1. The van der Waals surface area contributed by atoms with Gasteiger partial charge in [0.05, 0.1) is 19.5 Å². The summed E-state index contributed by atoms with van der Waals surface area (Å²) in [5.74, 6) is 0.744. The van der Waals surface area contributed by atoms with Crippen molar-refractivity contribution in [3.63, 3.8) is 0 Å². The summed E-state index contributed by atoms with van der Waals surface area (Å²) < 4.78 is 4.15. The minimum Gasteiger partial charge on any atom is -0.355 e. The largest absolute Gasteiger partial charge is 0.355 e. The SMILES string of the molecule is Cn1c(C=NNC2=NCCCN2)c[n+]2ccccc12. The second-order valence-corrected chi connectivity index (χ2v) is 4.46. The van der Waals surface area contributed by atoms with Crippen molar-refractivity contribution in [2.24, 2.45) is 17.1 Å². The zero-order valence-corrected chi connectivity index (χ0v) is 10.9. The van der Waals surface area contributed by atoms with Gasteiger partial charge in [0.1, 0.15) is 6.20 Å². The average Bonchev–Trinajstić information content (AvgIpc) is 2.78. The highest BCUT2D eigenvalue weighted by Gasteiger charge is 2.11. The van der Waals surface area contributed by atoms with Crippen molar-refractivity contribution in [2.45, 2.75) is 6.42 Å². The molecule has 1 aliphatic heterocycles. The number of hydrogen-bond acceptors (Lipinski definition) is 4. The number of hydrazone groups is 1. The van der Waals surface area contributed by atoms with E-state index in [1.165, 1.54) is 0 Å². The number of imidazole rings is 1. The fourth-order valence-corrected chi connectivity index (χ4v) is 2.09. The molecule has 6 nitrogen and oxygen atoms in total. The summed E-state index contributed by atoms with van der Waals surface area (Å²) in [6, 6.07) is 6.10. The molecule has 2 aromatic rings. The predicted molar refractivity (Wildman–Crippen MR) is 74.2 cm³/mol. The van der Waals surface area contributed by atoms with Crippen molar-refractivity contribution in [3.05, 3.63) is 36.3 Å². The van der Waals surface area contributed by atoms with Gasteiger partial charge in [-0.1, -0.05) is 6.07 Å². The number of hydrogen-bond donors (Lipinski definition) is 2. The lowest BCUT2D eigenvalue weighted by Gasteiger charge is -2.12. The summed E-state index contributed by atoms with van der Waals surface area (Å²) in [6.45, 7) is 1.81. The molecule has 3 heterocycles. The molecule has 0 spiro atoms. The van der Waals surface area contributed by atoms with Gasteiger partial charge in [-0.25, -0.2) is 14.4 Å². The van der Waals surface area contributed by atoms with Crippen molar-refractivity contribution >= 4 is 17.8 Å². The van der Waals surface area contributed by atoms with Crippen LogP contribution in [0.2, 0.25) is 0 Å². The van der Waals surface area contributed by atoms with E-state index < -0.39 is 0 Å². The van der Waals surface area contributed by atoms with Crippen LogP contribution in [0, 0.1) is 0 Å². The Morgan fingerprint density at radius 3 is 3.26 bits per heavy atom. The lowest BCUT2D eigenvalue weighted by Crippen LogP contribution is -2.38. The fraction of sp³-hybridized carbons (Fsp3) is 0.308. The molecule has 0 atom stereocenters. The van der Waals surface area contributed by atoms with Crippen LogP contribution in [0.25, 0.3) is 5.65 Å². The minimum absolute atomic E-state index is 0.744. The number of guanidine groups is 1. The molecular formula is C13H17N6+. The molecule has 2 aromatic heterocycles. The molecule has 0 saturated carbocycles. The van der Waals surface area contributed by atoms with Crippen molar-refractivity contribution in [1.82, 2.24) is 15.3 Å². The summed E-state index contributed by atoms with van der Waals surface area (Å²) >= 11 is 0. The van der Waals surface area contributed by atoms with Gasteiger partial charge in [-0.05, 0) is 12.5 Å². The third kappa shape index (κ3) is 2.42. The smallest absolute Gasteiger partial charge is 0.286 e. The molecule has 98 valence electrons. The normalized spacial score (nSPS) is 15.5. The first-order valence-corrected chi connectivity index (χ1v) is 6.38. The van der Waals surface area contributed by atoms with Crippen LogP contribution in [-0.4, -0.2) is 29.8 Å². The third-order valence-corrected chi connectivity index (χ3v) is 3.13. The van der Waals surface area contributed by atoms with Crippen LogP contribution in [0.5, 0.6) is 0 Å². The van der Waals surface area contributed by atoms with Crippen LogP contribution in [0.15, 0.2) is 40.7 Å². The van der Waals surface area contributed by atoms with E-state index in [0.717, 1.165) is 36.8 Å². The number of aromatic nitrogens is 2. The van der Waals surface area contributed by atoms with Gasteiger partial charge in [-0.3, -0.25) is 4.99 Å². The van der Waals surface area contributed by atoms with Gasteiger partial charge in [0, 0.05) is 19.2 Å². The van der Waals surface area contributed by atoms with E-state index in [1.807, 2.05) is 31.6 Å². The first-order chi connectivity index (χ1) is 9.34. The van der Waals surface area contributed by atoms with E-state index in [1.54, 1.807) is 6.21 Å². The lowest BCUT2D eigenvalue weighted by atomic mass is 10.4. The van der Waals surface area contributed by atoms with Gasteiger partial charge in [0.25, 0.3) is 5.65 Å². The van der Waals surface area contributed by atoms with E-state index >= 15 is 0 Å². The Hall–Kier alpha value is -2.37. The maximum atomic E-state index is 4.29. The Bertz CT molecular complexity index is 640. The first-order valence-electron chi connectivity index (χ1n) is 6.38. The predicted octanol–water partition coefficient (Wildman–Crippen LogP) is 0.0366. The van der Waals surface area contributed by atoms with Crippen molar-refractivity contribution < 1.29 is 4.40 Å². The van der Waals surface area contributed by atoms with Gasteiger partial charge in [0.15, 0.2) is 5.69 Å². The van der Waals surface area contributed by atoms with Gasteiger partial charge in [-0.2, -0.15) is 5.10 Å². The molecule has 0 fully saturated rings. The summed E-state index contributed by atoms with van der Waals surface area (Å²) in [5, 5.41) is 7.38. The molecule has 0 bridgehead atoms. The molecule has 0 radical (unpaired) electrons. The Morgan fingerprint density at radius 1 is 1.53 bits per heavy atom. The van der Waals surface area contributed by atoms with Gasteiger partial charge in [-0.15, -0.1) is 0 Å². The second-order valence-electron chi connectivity index (χ2n) is 4.46. The van der Waals surface area contributed by atoms with Crippen LogP contribution in [-0.2, 0) is 7.05 Å². The van der Waals surface area contributed by atoms with Crippen molar-refractivity contribution in [2.75, 3.05) is 13.1 Å². The highest BCUT2D eigenvalue weighted by Crippen LogP contribution is 2.00. The highest BCUT2D eigenvalue weighted by atomic mass is 15.4. The maximum Gasteiger partial charge on any atom is 0.286 e. The number of fused-ring (bicyclic) bond motifs is 1. The summed E-state index contributed by atoms with van der Waals surface area (Å²) in [4.78, 5) is 4.29. The lowest BCUT2D eigenvalue weighted by molar-refractivity contribution is -0.510. The van der Waals surface area contributed by atoms with E-state index in [2.05, 4.69) is 35.9 Å². The molecule has 19 heavy (non-hydrogen) atoms. The Morgan fingerprint density at radius 2 is 2.47 bits per heavy atom. The Labute approximate surface area is 111 Å². The van der Waals surface area contributed by atoms with Crippen molar-refractivity contribution in [3.8, 4) is 0 Å². The molecule has 0 amide bonds. The number of aliphatic imine (C=N–C) groups is 1. The number of nitrogens with zero attached hydrogens (tertiary/aromatic N) is 4. The molecule has 6 heteroatoms. The molecule has 1 aliphatic rings. The Balaban J connectivity index is 1.77. The van der Waals surface area contributed by atoms with Gasteiger partial charge >= 0.3 is 0 Å². The second kappa shape index (κ2) is 5.09. The molecular weight excluding hydrogens is 240 g/mol. The zero-order chi connectivity index (χ0) is 13.1. The Kier molecular flexibility index (Phi) is 3.14. The quantitative estimate of drug-likeness (QED) is 0.453. The zero-order valence-electron chi connectivity index (χ0n) is 10.9. The molecule has 0 unspecified atom stereocenters. The van der Waals surface area contributed by atoms with Crippen LogP contribution in [0.3, 0.4) is 0 Å². The molecule has 2 N–H and O–H groups in total. The summed E-state index contributed by atoms with van der Waals surface area (Å²) in [7, 11) is 2.02. The van der Waals surface area contributed by atoms with Crippen LogP contribution < -0.4 is 15.1 Å². The van der Waals surface area contributed by atoms with E-state index in [-0.39, 0.29) is 0 Å². The maximum absolute atomic E-state index is 4.29. The van der Waals surface area contributed by atoms with Crippen molar-refractivity contribution in [1.29, 1.82) is 0 Å². The standard InChI is InChI=1S/C13H17N6/c1-18-11(10-19-8-3-2-5-12(18)19)9-16-17-13-14-6-4-7-15-13/h2-3,5,8-10H,4,6-7H2,1H3,(H2,14,15,17)/q+1. The topological polar surface area (TPSA) is 57.8 Å². The van der Waals surface area contributed by atoms with Crippen LogP contribution in [0.1, 0.15) is 12.1 Å². The summed E-state index contributed by atoms with van der Waals surface area (Å²) in [5.41, 5.74) is 5.07. The van der Waals surface area contributed by atoms with E-state index in [4.69, 9.17) is 0 Å². The highest BCUT2D eigenvalue weighted by molar-refractivity contribution is 5.83. The van der Waals surface area contributed by atoms with Gasteiger partial charge < -0.3 is 5.32 Å². The average molecular weight is 257 g/mol. The number of nitrogens with one attached hydrogen (secondary N) is 2. The van der Waals surface area contributed by atoms with E-state index in [9.17, 15) is 0 Å². The third-order valence-electron chi connectivity index (χ3n) is 3.13. The molecule has 3 rings (SSSR count). The number of aryl methyl sites for hydroxylation is 1. The molecule has 0 saturated heterocycles. The summed E-state index contributed by atoms with van der Waals surface area (Å²) in [6.07, 6.45) is 6.93.